The zero-order chi connectivity index (χ0) is 18.5. The molecule has 0 radical (unpaired) electrons. The molecule has 0 unspecified atom stereocenters. The van der Waals surface area contributed by atoms with Crippen LogP contribution in [0.1, 0.15) is 24.0 Å². The summed E-state index contributed by atoms with van der Waals surface area (Å²) in [5, 5.41) is 7.87. The first-order valence-electron chi connectivity index (χ1n) is 9.07. The van der Waals surface area contributed by atoms with Gasteiger partial charge in [0.05, 0.1) is 6.20 Å². The minimum Gasteiger partial charge on any atom is -0.299 e. The monoisotopic (exact) mass is 356 g/mol. The summed E-state index contributed by atoms with van der Waals surface area (Å²) in [5.74, 6) is 0.263. The highest BCUT2D eigenvalue weighted by molar-refractivity contribution is 5.81. The molecule has 0 spiro atoms. The van der Waals surface area contributed by atoms with Crippen LogP contribution < -0.4 is 0 Å². The van der Waals surface area contributed by atoms with Crippen molar-refractivity contribution >= 4 is 16.8 Å². The Kier molecular flexibility index (Phi) is 5.01. The Labute approximate surface area is 157 Å². The number of hydrogen-bond donors (Lipinski definition) is 1. The first kappa shape index (κ1) is 17.1. The van der Waals surface area contributed by atoms with Crippen LogP contribution in [0.4, 0.5) is 0 Å². The molecule has 0 fully saturated rings. The van der Waals surface area contributed by atoms with E-state index in [1.165, 1.54) is 5.56 Å². The van der Waals surface area contributed by atoms with Crippen molar-refractivity contribution in [1.82, 2.24) is 20.2 Å². The summed E-state index contributed by atoms with van der Waals surface area (Å²) in [4.78, 5) is 20.5. The molecule has 0 amide bonds. The molecule has 0 saturated heterocycles. The second kappa shape index (κ2) is 7.91. The van der Waals surface area contributed by atoms with Crippen LogP contribution in [0.5, 0.6) is 0 Å². The number of aryl methyl sites for hydroxylation is 1. The molecule has 0 atom stereocenters. The summed E-state index contributed by atoms with van der Waals surface area (Å²) < 4.78 is 0. The van der Waals surface area contributed by atoms with Gasteiger partial charge in [-0.25, -0.2) is 4.98 Å². The number of aromatic amines is 1. The summed E-state index contributed by atoms with van der Waals surface area (Å²) in [5.41, 5.74) is 5.22. The number of pyridine rings is 2. The van der Waals surface area contributed by atoms with E-state index in [-0.39, 0.29) is 5.78 Å². The van der Waals surface area contributed by atoms with Crippen LogP contribution in [0.2, 0.25) is 0 Å². The molecular formula is C22H20N4O. The Morgan fingerprint density at radius 1 is 0.963 bits per heavy atom. The maximum Gasteiger partial charge on any atom is 0.155 e. The minimum atomic E-state index is 0.263. The highest BCUT2D eigenvalue weighted by Crippen LogP contribution is 2.22. The summed E-state index contributed by atoms with van der Waals surface area (Å²) in [6.45, 7) is 0. The van der Waals surface area contributed by atoms with Crippen molar-refractivity contribution in [3.63, 3.8) is 0 Å². The maximum atomic E-state index is 12.1. The quantitative estimate of drug-likeness (QED) is 0.540. The summed E-state index contributed by atoms with van der Waals surface area (Å²) in [6.07, 6.45) is 9.94. The molecule has 0 aliphatic rings. The third-order valence-electron chi connectivity index (χ3n) is 4.62. The topological polar surface area (TPSA) is 71.5 Å². The lowest BCUT2D eigenvalue weighted by atomic mass is 10.0. The average molecular weight is 356 g/mol. The van der Waals surface area contributed by atoms with Crippen molar-refractivity contribution in [2.24, 2.45) is 0 Å². The number of nitrogens with zero attached hydrogens (tertiary/aromatic N) is 3. The largest absolute Gasteiger partial charge is 0.299 e. The molecule has 0 saturated carbocycles. The molecule has 1 aromatic carbocycles. The number of hydrogen-bond acceptors (Lipinski definition) is 4. The summed E-state index contributed by atoms with van der Waals surface area (Å²) >= 11 is 0. The Morgan fingerprint density at radius 2 is 1.85 bits per heavy atom. The molecule has 5 heteroatoms. The van der Waals surface area contributed by atoms with Crippen molar-refractivity contribution in [1.29, 1.82) is 0 Å². The number of Topliss-reactive ketones (excluding diaryl/α,β-unsaturated/α-hetero) is 1. The molecule has 0 aliphatic carbocycles. The molecule has 3 heterocycles. The Balaban J connectivity index is 1.32. The third kappa shape index (κ3) is 4.26. The summed E-state index contributed by atoms with van der Waals surface area (Å²) in [6, 6.07) is 14.4. The predicted octanol–water partition coefficient (Wildman–Crippen LogP) is 4.15. The van der Waals surface area contributed by atoms with Crippen molar-refractivity contribution < 1.29 is 4.79 Å². The van der Waals surface area contributed by atoms with Gasteiger partial charge in [0.25, 0.3) is 0 Å². The number of ketones is 1. The summed E-state index contributed by atoms with van der Waals surface area (Å²) in [7, 11) is 0. The number of nitrogens with one attached hydrogen (secondary N) is 1. The number of rotatable bonds is 7. The van der Waals surface area contributed by atoms with Crippen LogP contribution in [0, 0.1) is 0 Å². The molecule has 4 rings (SSSR count). The van der Waals surface area contributed by atoms with E-state index in [1.807, 2.05) is 18.3 Å². The normalized spacial score (nSPS) is 11.0. The van der Waals surface area contributed by atoms with Crippen molar-refractivity contribution in [2.45, 2.75) is 25.7 Å². The van der Waals surface area contributed by atoms with E-state index in [0.717, 1.165) is 40.6 Å². The van der Waals surface area contributed by atoms with Gasteiger partial charge in [0.1, 0.15) is 5.78 Å². The van der Waals surface area contributed by atoms with E-state index in [2.05, 4.69) is 50.5 Å². The highest BCUT2D eigenvalue weighted by Gasteiger charge is 2.05. The van der Waals surface area contributed by atoms with Crippen LogP contribution in [0.25, 0.3) is 22.2 Å². The molecule has 5 nitrogen and oxygen atoms in total. The van der Waals surface area contributed by atoms with Gasteiger partial charge in [-0.15, -0.1) is 0 Å². The lowest BCUT2D eigenvalue weighted by Crippen LogP contribution is -2.03. The fourth-order valence-electron chi connectivity index (χ4n) is 3.17. The fraction of sp³-hybridized carbons (Fsp3) is 0.182. The van der Waals surface area contributed by atoms with Gasteiger partial charge in [0, 0.05) is 42.4 Å². The first-order chi connectivity index (χ1) is 13.3. The number of carbonyl (C=O) groups is 1. The standard InChI is InChI=1S/C22H20N4O/c27-21(11-17-4-2-10-23-13-17)5-1-3-16-6-8-18(9-7-16)19-12-20-15-25-26-22(20)24-14-19/h2,4,6-10,12-15H,1,3,5,11H2,(H,24,25,26). The third-order valence-corrected chi connectivity index (χ3v) is 4.62. The van der Waals surface area contributed by atoms with Crippen LogP contribution in [0.15, 0.2) is 67.3 Å². The number of fused-ring (bicyclic) bond motifs is 1. The van der Waals surface area contributed by atoms with Crippen LogP contribution in [0.3, 0.4) is 0 Å². The van der Waals surface area contributed by atoms with Gasteiger partial charge in [-0.05, 0) is 41.7 Å². The van der Waals surface area contributed by atoms with Gasteiger partial charge in [0.15, 0.2) is 5.65 Å². The van der Waals surface area contributed by atoms with Gasteiger partial charge >= 0.3 is 0 Å². The van der Waals surface area contributed by atoms with E-state index in [4.69, 9.17) is 0 Å². The fourth-order valence-corrected chi connectivity index (χ4v) is 3.17. The van der Waals surface area contributed by atoms with Gasteiger partial charge in [-0.3, -0.25) is 14.9 Å². The van der Waals surface area contributed by atoms with E-state index in [1.54, 1.807) is 18.6 Å². The van der Waals surface area contributed by atoms with Crippen molar-refractivity contribution in [3.8, 4) is 11.1 Å². The number of H-pyrrole nitrogens is 1. The molecule has 0 bridgehead atoms. The van der Waals surface area contributed by atoms with Gasteiger partial charge in [-0.1, -0.05) is 30.3 Å². The SMILES string of the molecule is O=C(CCCc1ccc(-c2cnc3[nH]ncc3c2)cc1)Cc1cccnc1. The highest BCUT2D eigenvalue weighted by atomic mass is 16.1. The number of benzene rings is 1. The average Bonchev–Trinajstić information content (AvgIpc) is 3.17. The van der Waals surface area contributed by atoms with E-state index < -0.39 is 0 Å². The maximum absolute atomic E-state index is 12.1. The van der Waals surface area contributed by atoms with Crippen LogP contribution in [-0.2, 0) is 17.6 Å². The zero-order valence-corrected chi connectivity index (χ0v) is 14.9. The Bertz CT molecular complexity index is 1040. The predicted molar refractivity (Wildman–Crippen MR) is 105 cm³/mol. The molecule has 3 aromatic heterocycles. The smallest absolute Gasteiger partial charge is 0.155 e. The van der Waals surface area contributed by atoms with Crippen LogP contribution >= 0.6 is 0 Å². The van der Waals surface area contributed by atoms with Crippen molar-refractivity contribution in [3.05, 3.63) is 78.4 Å². The zero-order valence-electron chi connectivity index (χ0n) is 14.9. The van der Waals surface area contributed by atoms with Crippen LogP contribution in [-0.4, -0.2) is 25.9 Å². The Morgan fingerprint density at radius 3 is 2.67 bits per heavy atom. The lowest BCUT2D eigenvalue weighted by Gasteiger charge is -2.05. The van der Waals surface area contributed by atoms with Gasteiger partial charge in [0.2, 0.25) is 0 Å². The number of aromatic nitrogens is 4. The molecular weight excluding hydrogens is 336 g/mol. The Hall–Kier alpha value is -3.34. The lowest BCUT2D eigenvalue weighted by molar-refractivity contribution is -0.118. The first-order valence-corrected chi connectivity index (χ1v) is 9.07. The van der Waals surface area contributed by atoms with E-state index in [0.29, 0.717) is 12.8 Å². The van der Waals surface area contributed by atoms with E-state index >= 15 is 0 Å². The van der Waals surface area contributed by atoms with Gasteiger partial charge in [-0.2, -0.15) is 5.10 Å². The number of carbonyl (C=O) groups excluding carboxylic acids is 1. The molecule has 0 aliphatic heterocycles. The minimum absolute atomic E-state index is 0.263. The second-order valence-corrected chi connectivity index (χ2v) is 6.66. The van der Waals surface area contributed by atoms with Gasteiger partial charge < -0.3 is 0 Å². The molecule has 27 heavy (non-hydrogen) atoms. The molecule has 1 N–H and O–H groups in total. The second-order valence-electron chi connectivity index (χ2n) is 6.66. The molecule has 134 valence electrons. The van der Waals surface area contributed by atoms with Crippen molar-refractivity contribution in [2.75, 3.05) is 0 Å². The van der Waals surface area contributed by atoms with E-state index in [9.17, 15) is 4.79 Å². The molecule has 4 aromatic rings.